The summed E-state index contributed by atoms with van der Waals surface area (Å²) in [6.07, 6.45) is 5.40. The van der Waals surface area contributed by atoms with Gasteiger partial charge in [-0.05, 0) is 44.6 Å². The third kappa shape index (κ3) is 2.62. The van der Waals surface area contributed by atoms with Crippen LogP contribution in [-0.4, -0.2) is 36.7 Å². The first-order valence-corrected chi connectivity index (χ1v) is 5.95. The van der Waals surface area contributed by atoms with E-state index in [1.165, 1.54) is 6.42 Å². The Morgan fingerprint density at radius 3 is 2.53 bits per heavy atom. The van der Waals surface area contributed by atoms with Gasteiger partial charge in [0.2, 0.25) is 0 Å². The van der Waals surface area contributed by atoms with Crippen LogP contribution in [0.15, 0.2) is 0 Å². The van der Waals surface area contributed by atoms with E-state index in [2.05, 4.69) is 0 Å². The molecular weight excluding hydrogens is 192 g/mol. The van der Waals surface area contributed by atoms with Gasteiger partial charge < -0.3 is 15.4 Å². The molecule has 0 aromatic rings. The fraction of sp³-hybridized carbons (Fsp3) is 0.909. The summed E-state index contributed by atoms with van der Waals surface area (Å²) >= 11 is 0. The van der Waals surface area contributed by atoms with E-state index in [9.17, 15) is 4.79 Å². The van der Waals surface area contributed by atoms with Gasteiger partial charge in [0.25, 0.3) is 0 Å². The molecule has 15 heavy (non-hydrogen) atoms. The Morgan fingerprint density at radius 1 is 1.27 bits per heavy atom. The average Bonchev–Trinajstić information content (AvgIpc) is 2.23. The summed E-state index contributed by atoms with van der Waals surface area (Å²) in [4.78, 5) is 13.5. The number of carbonyl (C=O) groups is 1. The lowest BCUT2D eigenvalue weighted by atomic mass is 9.82. The van der Waals surface area contributed by atoms with E-state index in [0.717, 1.165) is 45.3 Å². The molecule has 0 radical (unpaired) electrons. The Labute approximate surface area is 90.8 Å². The van der Waals surface area contributed by atoms with Crippen LogP contribution in [0.3, 0.4) is 0 Å². The second-order valence-electron chi connectivity index (χ2n) is 4.63. The van der Waals surface area contributed by atoms with Gasteiger partial charge in [0.15, 0.2) is 0 Å². The molecule has 0 bridgehead atoms. The summed E-state index contributed by atoms with van der Waals surface area (Å²) in [5, 5.41) is 0. The van der Waals surface area contributed by atoms with Crippen LogP contribution < -0.4 is 5.73 Å². The Hall–Kier alpha value is -0.770. The molecule has 1 saturated carbocycles. The number of likely N-dealkylation sites (tertiary alicyclic amines) is 1. The molecule has 86 valence electrons. The fourth-order valence-electron chi connectivity index (χ4n) is 2.26. The summed E-state index contributed by atoms with van der Waals surface area (Å²) < 4.78 is 5.39. The Morgan fingerprint density at radius 2 is 1.93 bits per heavy atom. The smallest absolute Gasteiger partial charge is 0.410 e. The highest BCUT2D eigenvalue weighted by Gasteiger charge is 2.32. The van der Waals surface area contributed by atoms with Crippen molar-refractivity contribution in [2.75, 3.05) is 19.6 Å². The minimum absolute atomic E-state index is 0.116. The minimum atomic E-state index is -0.116. The zero-order valence-corrected chi connectivity index (χ0v) is 9.15. The Balaban J connectivity index is 1.68. The number of amides is 1. The van der Waals surface area contributed by atoms with Crippen LogP contribution in [0.5, 0.6) is 0 Å². The van der Waals surface area contributed by atoms with Crippen LogP contribution in [0.4, 0.5) is 4.79 Å². The standard InChI is InChI=1S/C11H20N2O2/c12-8-9-6-10(7-9)15-11(14)13-4-2-1-3-5-13/h9-10H,1-8,12H2. The predicted molar refractivity (Wildman–Crippen MR) is 57.5 cm³/mol. The fourth-order valence-corrected chi connectivity index (χ4v) is 2.26. The number of nitrogens with two attached hydrogens (primary N) is 1. The summed E-state index contributed by atoms with van der Waals surface area (Å²) in [6, 6.07) is 0. The predicted octanol–water partition coefficient (Wildman–Crippen LogP) is 1.35. The zero-order valence-electron chi connectivity index (χ0n) is 9.15. The van der Waals surface area contributed by atoms with Crippen molar-refractivity contribution in [3.63, 3.8) is 0 Å². The molecule has 1 aliphatic carbocycles. The normalized spacial score (nSPS) is 30.9. The van der Waals surface area contributed by atoms with Crippen molar-refractivity contribution in [3.05, 3.63) is 0 Å². The molecule has 1 saturated heterocycles. The quantitative estimate of drug-likeness (QED) is 0.751. The van der Waals surface area contributed by atoms with Crippen LogP contribution >= 0.6 is 0 Å². The van der Waals surface area contributed by atoms with Crippen molar-refractivity contribution in [2.45, 2.75) is 38.2 Å². The van der Waals surface area contributed by atoms with Gasteiger partial charge in [-0.3, -0.25) is 0 Å². The van der Waals surface area contributed by atoms with Crippen molar-refractivity contribution >= 4 is 6.09 Å². The van der Waals surface area contributed by atoms with E-state index in [1.54, 1.807) is 0 Å². The van der Waals surface area contributed by atoms with Crippen molar-refractivity contribution in [1.29, 1.82) is 0 Å². The first-order valence-electron chi connectivity index (χ1n) is 5.95. The van der Waals surface area contributed by atoms with Crippen LogP contribution in [0.2, 0.25) is 0 Å². The molecule has 0 spiro atoms. The van der Waals surface area contributed by atoms with E-state index in [4.69, 9.17) is 10.5 Å². The summed E-state index contributed by atoms with van der Waals surface area (Å²) in [6.45, 7) is 2.45. The lowest BCUT2D eigenvalue weighted by Gasteiger charge is -2.36. The maximum atomic E-state index is 11.7. The molecule has 1 aliphatic heterocycles. The molecule has 1 heterocycles. The maximum absolute atomic E-state index is 11.7. The summed E-state index contributed by atoms with van der Waals surface area (Å²) in [7, 11) is 0. The van der Waals surface area contributed by atoms with Gasteiger partial charge >= 0.3 is 6.09 Å². The van der Waals surface area contributed by atoms with Crippen LogP contribution in [0.1, 0.15) is 32.1 Å². The summed E-state index contributed by atoms with van der Waals surface area (Å²) in [5.74, 6) is 0.573. The SMILES string of the molecule is NCC1CC(OC(=O)N2CCCCC2)C1. The highest BCUT2D eigenvalue weighted by atomic mass is 16.6. The van der Waals surface area contributed by atoms with Gasteiger partial charge in [-0.2, -0.15) is 0 Å². The molecule has 0 aromatic heterocycles. The molecule has 0 unspecified atom stereocenters. The van der Waals surface area contributed by atoms with E-state index in [0.29, 0.717) is 5.92 Å². The number of hydrogen-bond acceptors (Lipinski definition) is 3. The monoisotopic (exact) mass is 212 g/mol. The van der Waals surface area contributed by atoms with E-state index >= 15 is 0 Å². The van der Waals surface area contributed by atoms with E-state index in [-0.39, 0.29) is 12.2 Å². The van der Waals surface area contributed by atoms with Crippen molar-refractivity contribution in [3.8, 4) is 0 Å². The molecule has 2 rings (SSSR count). The first kappa shape index (κ1) is 10.7. The second kappa shape index (κ2) is 4.84. The van der Waals surface area contributed by atoms with Crippen molar-refractivity contribution in [2.24, 2.45) is 11.7 Å². The molecule has 4 nitrogen and oxygen atoms in total. The Kier molecular flexibility index (Phi) is 3.46. The molecule has 1 amide bonds. The minimum Gasteiger partial charge on any atom is -0.446 e. The first-order chi connectivity index (χ1) is 7.29. The third-order valence-electron chi connectivity index (χ3n) is 3.41. The molecule has 4 heteroatoms. The number of carbonyl (C=O) groups excluding carboxylic acids is 1. The molecule has 0 aromatic carbocycles. The lowest BCUT2D eigenvalue weighted by Crippen LogP contribution is -2.42. The van der Waals surface area contributed by atoms with Crippen LogP contribution in [0, 0.1) is 5.92 Å². The van der Waals surface area contributed by atoms with Gasteiger partial charge in [-0.1, -0.05) is 0 Å². The topological polar surface area (TPSA) is 55.6 Å². The number of hydrogen-bond donors (Lipinski definition) is 1. The Bertz CT molecular complexity index is 221. The van der Waals surface area contributed by atoms with E-state index < -0.39 is 0 Å². The number of piperidine rings is 1. The number of nitrogens with zero attached hydrogens (tertiary/aromatic N) is 1. The van der Waals surface area contributed by atoms with E-state index in [1.807, 2.05) is 4.90 Å². The van der Waals surface area contributed by atoms with Gasteiger partial charge in [0.1, 0.15) is 6.10 Å². The maximum Gasteiger partial charge on any atom is 0.410 e. The van der Waals surface area contributed by atoms with Gasteiger partial charge in [-0.15, -0.1) is 0 Å². The number of rotatable bonds is 2. The van der Waals surface area contributed by atoms with Crippen molar-refractivity contribution in [1.82, 2.24) is 4.90 Å². The third-order valence-corrected chi connectivity index (χ3v) is 3.41. The average molecular weight is 212 g/mol. The number of ether oxygens (including phenoxy) is 1. The highest BCUT2D eigenvalue weighted by Crippen LogP contribution is 2.29. The van der Waals surface area contributed by atoms with Gasteiger partial charge in [0, 0.05) is 13.1 Å². The zero-order chi connectivity index (χ0) is 10.7. The molecule has 0 atom stereocenters. The van der Waals surface area contributed by atoms with Gasteiger partial charge in [0.05, 0.1) is 0 Å². The molecule has 2 aliphatic rings. The summed E-state index contributed by atoms with van der Waals surface area (Å²) in [5.41, 5.74) is 5.52. The lowest BCUT2D eigenvalue weighted by molar-refractivity contribution is -0.00152. The largest absolute Gasteiger partial charge is 0.446 e. The highest BCUT2D eigenvalue weighted by molar-refractivity contribution is 5.68. The molecular formula is C11H20N2O2. The van der Waals surface area contributed by atoms with Gasteiger partial charge in [-0.25, -0.2) is 4.79 Å². The van der Waals surface area contributed by atoms with Crippen LogP contribution in [0.25, 0.3) is 0 Å². The molecule has 2 fully saturated rings. The van der Waals surface area contributed by atoms with Crippen LogP contribution in [-0.2, 0) is 4.74 Å². The molecule has 2 N–H and O–H groups in total. The second-order valence-corrected chi connectivity index (χ2v) is 4.63. The van der Waals surface area contributed by atoms with Crippen molar-refractivity contribution < 1.29 is 9.53 Å².